The van der Waals surface area contributed by atoms with E-state index in [2.05, 4.69) is 4.74 Å². The van der Waals surface area contributed by atoms with Crippen molar-refractivity contribution in [2.24, 2.45) is 0 Å². The highest BCUT2D eigenvalue weighted by molar-refractivity contribution is 8.26. The van der Waals surface area contributed by atoms with E-state index in [0.717, 1.165) is 5.56 Å². The Labute approximate surface area is 131 Å². The predicted molar refractivity (Wildman–Crippen MR) is 84.9 cm³/mol. The van der Waals surface area contributed by atoms with E-state index in [-0.39, 0.29) is 12.5 Å². The van der Waals surface area contributed by atoms with E-state index in [4.69, 9.17) is 17.0 Å². The second-order valence-corrected chi connectivity index (χ2v) is 5.85. The smallest absolute Gasteiger partial charge is 0.343 e. The summed E-state index contributed by atoms with van der Waals surface area (Å²) in [5.74, 6) is 0.0160. The lowest BCUT2D eigenvalue weighted by atomic mass is 10.2. The highest BCUT2D eigenvalue weighted by Crippen LogP contribution is 2.31. The number of rotatable bonds is 4. The minimum absolute atomic E-state index is 0.101. The number of hydrogen-bond donors (Lipinski definition) is 0. The van der Waals surface area contributed by atoms with Crippen molar-refractivity contribution in [3.8, 4) is 5.75 Å². The molecule has 1 aromatic rings. The van der Waals surface area contributed by atoms with Gasteiger partial charge in [-0.1, -0.05) is 36.1 Å². The molecule has 2 rings (SSSR count). The SMILES string of the molecule is COC(=O)COc1ccc(/C=C2\SC(=S)N(C)C2=O)cc1. The molecule has 1 heterocycles. The van der Waals surface area contributed by atoms with Crippen molar-refractivity contribution in [1.29, 1.82) is 0 Å². The summed E-state index contributed by atoms with van der Waals surface area (Å²) in [6.07, 6.45) is 1.77. The number of methoxy groups -OCH3 is 1. The van der Waals surface area contributed by atoms with Crippen molar-refractivity contribution >= 4 is 46.3 Å². The summed E-state index contributed by atoms with van der Waals surface area (Å²) in [6.45, 7) is -0.135. The van der Waals surface area contributed by atoms with Crippen molar-refractivity contribution in [2.45, 2.75) is 0 Å². The van der Waals surface area contributed by atoms with Crippen LogP contribution in [0.25, 0.3) is 6.08 Å². The van der Waals surface area contributed by atoms with E-state index in [0.29, 0.717) is 15.0 Å². The van der Waals surface area contributed by atoms with Crippen molar-refractivity contribution in [3.63, 3.8) is 0 Å². The van der Waals surface area contributed by atoms with Gasteiger partial charge in [-0.15, -0.1) is 0 Å². The maximum absolute atomic E-state index is 11.9. The number of nitrogens with zero attached hydrogens (tertiary/aromatic N) is 1. The minimum atomic E-state index is -0.439. The zero-order valence-corrected chi connectivity index (χ0v) is 13.1. The lowest BCUT2D eigenvalue weighted by Crippen LogP contribution is -2.22. The molecule has 1 aliphatic heterocycles. The summed E-state index contributed by atoms with van der Waals surface area (Å²) < 4.78 is 10.3. The number of thiocarbonyl (C=S) groups is 1. The Hall–Kier alpha value is -1.86. The van der Waals surface area contributed by atoms with Crippen LogP contribution < -0.4 is 4.74 Å². The standard InChI is InChI=1S/C14H13NO4S2/c1-15-13(17)11(21-14(15)20)7-9-3-5-10(6-4-9)19-8-12(16)18-2/h3-7H,8H2,1-2H3/b11-7-. The van der Waals surface area contributed by atoms with Gasteiger partial charge < -0.3 is 9.47 Å². The Morgan fingerprint density at radius 3 is 2.57 bits per heavy atom. The number of ether oxygens (including phenoxy) is 2. The van der Waals surface area contributed by atoms with Crippen LogP contribution in [0.3, 0.4) is 0 Å². The molecule has 1 saturated heterocycles. The molecule has 0 saturated carbocycles. The quantitative estimate of drug-likeness (QED) is 0.480. The number of likely N-dealkylation sites (N-methyl/N-ethyl adjacent to an activating group) is 1. The van der Waals surface area contributed by atoms with Crippen molar-refractivity contribution in [3.05, 3.63) is 34.7 Å². The van der Waals surface area contributed by atoms with Crippen LogP contribution in [0.5, 0.6) is 5.75 Å². The Morgan fingerprint density at radius 2 is 2.05 bits per heavy atom. The van der Waals surface area contributed by atoms with Gasteiger partial charge >= 0.3 is 5.97 Å². The van der Waals surface area contributed by atoms with Gasteiger partial charge in [-0.3, -0.25) is 9.69 Å². The number of esters is 1. The molecule has 5 nitrogen and oxygen atoms in total. The van der Waals surface area contributed by atoms with Gasteiger partial charge in [0.15, 0.2) is 6.61 Å². The molecule has 1 amide bonds. The Bertz CT molecular complexity index is 610. The molecular formula is C14H13NO4S2. The third-order valence-corrected chi connectivity index (χ3v) is 4.23. The first-order valence-electron chi connectivity index (χ1n) is 6.02. The molecule has 0 N–H and O–H groups in total. The van der Waals surface area contributed by atoms with Gasteiger partial charge in [0, 0.05) is 7.05 Å². The zero-order valence-electron chi connectivity index (χ0n) is 11.5. The summed E-state index contributed by atoms with van der Waals surface area (Å²) >= 11 is 6.34. The van der Waals surface area contributed by atoms with Crippen LogP contribution in [0.2, 0.25) is 0 Å². The normalized spacial score (nSPS) is 16.5. The molecule has 0 aromatic heterocycles. The highest BCUT2D eigenvalue weighted by atomic mass is 32.2. The molecule has 0 unspecified atom stereocenters. The van der Waals surface area contributed by atoms with Crippen molar-refractivity contribution in [2.75, 3.05) is 20.8 Å². The molecule has 1 fully saturated rings. The highest BCUT2D eigenvalue weighted by Gasteiger charge is 2.28. The minimum Gasteiger partial charge on any atom is -0.482 e. The van der Waals surface area contributed by atoms with Crippen LogP contribution in [0.15, 0.2) is 29.2 Å². The number of carbonyl (C=O) groups is 2. The van der Waals surface area contributed by atoms with E-state index >= 15 is 0 Å². The average molecular weight is 323 g/mol. The fourth-order valence-corrected chi connectivity index (χ4v) is 2.74. The Kier molecular flexibility index (Phi) is 4.98. The molecule has 0 bridgehead atoms. The third kappa shape index (κ3) is 3.83. The molecule has 0 aliphatic carbocycles. The summed E-state index contributed by atoms with van der Waals surface area (Å²) in [5, 5.41) is 0. The molecule has 0 radical (unpaired) electrons. The molecular weight excluding hydrogens is 310 g/mol. The first-order valence-corrected chi connectivity index (χ1v) is 7.25. The first kappa shape index (κ1) is 15.5. The Morgan fingerprint density at radius 1 is 1.38 bits per heavy atom. The van der Waals surface area contributed by atoms with Crippen LogP contribution in [0.4, 0.5) is 0 Å². The van der Waals surface area contributed by atoms with E-state index < -0.39 is 5.97 Å². The van der Waals surface area contributed by atoms with Gasteiger partial charge in [-0.2, -0.15) is 0 Å². The largest absolute Gasteiger partial charge is 0.482 e. The molecule has 0 spiro atoms. The summed E-state index contributed by atoms with van der Waals surface area (Å²) in [4.78, 5) is 24.9. The molecule has 21 heavy (non-hydrogen) atoms. The van der Waals surface area contributed by atoms with Crippen molar-refractivity contribution in [1.82, 2.24) is 4.90 Å². The van der Waals surface area contributed by atoms with Crippen LogP contribution in [0.1, 0.15) is 5.56 Å². The van der Waals surface area contributed by atoms with Crippen LogP contribution >= 0.6 is 24.0 Å². The topological polar surface area (TPSA) is 55.8 Å². The summed E-state index contributed by atoms with van der Waals surface area (Å²) in [5.41, 5.74) is 0.856. The zero-order chi connectivity index (χ0) is 15.4. The molecule has 1 aliphatic rings. The lowest BCUT2D eigenvalue weighted by Gasteiger charge is -2.05. The van der Waals surface area contributed by atoms with E-state index in [1.165, 1.54) is 23.8 Å². The lowest BCUT2D eigenvalue weighted by molar-refractivity contribution is -0.142. The fraction of sp³-hybridized carbons (Fsp3) is 0.214. The maximum Gasteiger partial charge on any atom is 0.343 e. The summed E-state index contributed by atoms with van der Waals surface area (Å²) in [7, 11) is 2.96. The molecule has 7 heteroatoms. The number of hydrogen-bond acceptors (Lipinski definition) is 6. The number of thioether (sulfide) groups is 1. The average Bonchev–Trinajstić information content (AvgIpc) is 2.73. The Balaban J connectivity index is 2.04. The molecule has 110 valence electrons. The van der Waals surface area contributed by atoms with E-state index in [1.807, 2.05) is 0 Å². The third-order valence-electron chi connectivity index (χ3n) is 2.75. The van der Waals surface area contributed by atoms with Gasteiger partial charge in [0.1, 0.15) is 10.1 Å². The van der Waals surface area contributed by atoms with Crippen LogP contribution in [0, 0.1) is 0 Å². The maximum atomic E-state index is 11.9. The molecule has 0 atom stereocenters. The summed E-state index contributed by atoms with van der Waals surface area (Å²) in [6, 6.07) is 7.05. The van der Waals surface area contributed by atoms with E-state index in [9.17, 15) is 9.59 Å². The van der Waals surface area contributed by atoms with Crippen molar-refractivity contribution < 1.29 is 19.1 Å². The van der Waals surface area contributed by atoms with Crippen LogP contribution in [-0.2, 0) is 14.3 Å². The van der Waals surface area contributed by atoms with Gasteiger partial charge in [0.2, 0.25) is 0 Å². The van der Waals surface area contributed by atoms with Crippen LogP contribution in [-0.4, -0.2) is 41.9 Å². The number of amides is 1. The predicted octanol–water partition coefficient (Wildman–Crippen LogP) is 2.07. The first-order chi connectivity index (χ1) is 10.0. The number of benzene rings is 1. The van der Waals surface area contributed by atoms with Gasteiger partial charge in [-0.05, 0) is 23.8 Å². The van der Waals surface area contributed by atoms with E-state index in [1.54, 1.807) is 37.4 Å². The fourth-order valence-electron chi connectivity index (χ4n) is 1.56. The van der Waals surface area contributed by atoms with Gasteiger partial charge in [-0.25, -0.2) is 4.79 Å². The molecule has 1 aromatic carbocycles. The monoisotopic (exact) mass is 323 g/mol. The number of carbonyl (C=O) groups excluding carboxylic acids is 2. The second kappa shape index (κ2) is 6.73. The van der Waals surface area contributed by atoms with Gasteiger partial charge in [0.25, 0.3) is 5.91 Å². The van der Waals surface area contributed by atoms with Gasteiger partial charge in [0.05, 0.1) is 12.0 Å². The second-order valence-electron chi connectivity index (χ2n) is 4.17.